The molecule has 4 rings (SSSR count). The van der Waals surface area contributed by atoms with Crippen LogP contribution in [0.2, 0.25) is 0 Å². The molecule has 4 fully saturated rings. The Bertz CT molecular complexity index is 940. The Kier molecular flexibility index (Phi) is 20.3. The van der Waals surface area contributed by atoms with Gasteiger partial charge in [0.1, 0.15) is 0 Å². The molecule has 7 heteroatoms. The highest BCUT2D eigenvalue weighted by Gasteiger charge is 2.66. The number of ether oxygens (including phenoxy) is 3. The van der Waals surface area contributed by atoms with Gasteiger partial charge in [0.2, 0.25) is 0 Å². The highest BCUT2D eigenvalue weighted by Crippen LogP contribution is 2.69. The maximum Gasteiger partial charge on any atom is 0.0637 e. The van der Waals surface area contributed by atoms with Crippen molar-refractivity contribution in [2.24, 2.45) is 63.5 Å². The molecule has 306 valence electrons. The molecule has 7 N–H and O–H groups in total. The molecule has 11 atom stereocenters. The monoisotopic (exact) mass is 733 g/mol. The molecule has 0 aromatic heterocycles. The Hall–Kier alpha value is -0.280. The van der Waals surface area contributed by atoms with Gasteiger partial charge in [-0.2, -0.15) is 0 Å². The number of nitrogens with two attached hydrogens (primary N) is 3. The van der Waals surface area contributed by atoms with Crippen molar-refractivity contribution in [3.8, 4) is 0 Å². The molecule has 0 radical (unpaired) electrons. The molecule has 0 aromatic rings. The van der Waals surface area contributed by atoms with Gasteiger partial charge in [-0.1, -0.05) is 85.5 Å². The van der Waals surface area contributed by atoms with Crippen LogP contribution in [0.15, 0.2) is 0 Å². The molecule has 0 aliphatic heterocycles. The molecule has 4 aliphatic rings. The fourth-order valence-corrected chi connectivity index (χ4v) is 12.2. The van der Waals surface area contributed by atoms with Crippen molar-refractivity contribution in [3.63, 3.8) is 0 Å². The van der Waals surface area contributed by atoms with E-state index >= 15 is 0 Å². The Balaban J connectivity index is 1.36. The third kappa shape index (κ3) is 11.9. The molecule has 7 nitrogen and oxygen atoms in total. The molecule has 0 heterocycles. The molecule has 52 heavy (non-hydrogen) atoms. The highest BCUT2D eigenvalue weighted by atomic mass is 16.5. The minimum Gasteiger partial charge on any atom is -0.378 e. The Labute approximate surface area is 322 Å². The van der Waals surface area contributed by atoms with Crippen molar-refractivity contribution in [2.45, 2.75) is 187 Å². The molecular weight excluding hydrogens is 645 g/mol. The molecule has 0 bridgehead atoms. The van der Waals surface area contributed by atoms with Gasteiger partial charge in [0.05, 0.1) is 18.3 Å². The van der Waals surface area contributed by atoms with Crippen molar-refractivity contribution in [2.75, 3.05) is 52.5 Å². The lowest BCUT2D eigenvalue weighted by molar-refractivity contribution is -0.227. The normalized spacial score (nSPS) is 34.9. The summed E-state index contributed by atoms with van der Waals surface area (Å²) < 4.78 is 20.4. The summed E-state index contributed by atoms with van der Waals surface area (Å²) in [6.45, 7) is 17.0. The summed E-state index contributed by atoms with van der Waals surface area (Å²) in [7, 11) is 0. The molecule has 0 spiro atoms. The van der Waals surface area contributed by atoms with E-state index in [1.807, 2.05) is 0 Å². The van der Waals surface area contributed by atoms with Gasteiger partial charge in [0.15, 0.2) is 0 Å². The fraction of sp³-hybridized carbons (Fsp3) is 1.00. The van der Waals surface area contributed by atoms with E-state index in [2.05, 4.69) is 33.0 Å². The third-order valence-corrected chi connectivity index (χ3v) is 15.2. The van der Waals surface area contributed by atoms with Gasteiger partial charge in [-0.15, -0.1) is 0 Å². The van der Waals surface area contributed by atoms with Gasteiger partial charge in [-0.25, -0.2) is 0 Å². The second-order valence-corrected chi connectivity index (χ2v) is 18.5. The maximum atomic E-state index is 7.06. The Morgan fingerprint density at radius 2 is 1.27 bits per heavy atom. The lowest BCUT2D eigenvalue weighted by Crippen LogP contribution is -2.63. The quantitative estimate of drug-likeness (QED) is 0.0594. The predicted octanol–water partition coefficient (Wildman–Crippen LogP) is 8.99. The predicted molar refractivity (Wildman–Crippen MR) is 219 cm³/mol. The summed E-state index contributed by atoms with van der Waals surface area (Å²) in [6, 6.07) is 0. The smallest absolute Gasteiger partial charge is 0.0637 e. The van der Waals surface area contributed by atoms with E-state index in [4.69, 9.17) is 31.4 Å². The molecule has 4 saturated carbocycles. The van der Waals surface area contributed by atoms with Crippen LogP contribution in [0.3, 0.4) is 0 Å². The first-order valence-electron chi connectivity index (χ1n) is 23.0. The summed E-state index contributed by atoms with van der Waals surface area (Å²) in [4.78, 5) is 0. The van der Waals surface area contributed by atoms with Gasteiger partial charge in [-0.05, 0) is 157 Å². The van der Waals surface area contributed by atoms with Crippen molar-refractivity contribution in [3.05, 3.63) is 0 Å². The molecule has 11 unspecified atom stereocenters. The van der Waals surface area contributed by atoms with E-state index in [1.165, 1.54) is 122 Å². The first-order chi connectivity index (χ1) is 25.3. The van der Waals surface area contributed by atoms with Gasteiger partial charge >= 0.3 is 0 Å². The summed E-state index contributed by atoms with van der Waals surface area (Å²) in [5.41, 5.74) is 18.3. The summed E-state index contributed by atoms with van der Waals surface area (Å²) in [5.74, 6) is 3.92. The van der Waals surface area contributed by atoms with Crippen LogP contribution in [-0.2, 0) is 14.2 Å². The lowest BCUT2D eigenvalue weighted by atomic mass is 9.43. The van der Waals surface area contributed by atoms with Crippen LogP contribution in [0.25, 0.3) is 0 Å². The summed E-state index contributed by atoms with van der Waals surface area (Å²) in [6.07, 6.45) is 29.1. The number of fused-ring (bicyclic) bond motifs is 5. The number of rotatable bonds is 28. The zero-order valence-corrected chi connectivity index (χ0v) is 34.9. The van der Waals surface area contributed by atoms with Crippen molar-refractivity contribution >= 4 is 0 Å². The van der Waals surface area contributed by atoms with Crippen molar-refractivity contribution < 1.29 is 14.2 Å². The number of hydrogen-bond acceptors (Lipinski definition) is 7. The third-order valence-electron chi connectivity index (χ3n) is 15.2. The summed E-state index contributed by atoms with van der Waals surface area (Å²) >= 11 is 0. The highest BCUT2D eigenvalue weighted by molar-refractivity contribution is 5.15. The molecule has 0 amide bonds. The number of nitrogens with one attached hydrogen (secondary N) is 1. The van der Waals surface area contributed by atoms with Crippen LogP contribution in [0, 0.1) is 46.3 Å². The first kappa shape index (κ1) is 44.4. The lowest BCUT2D eigenvalue weighted by Gasteiger charge is -2.65. The molecule has 0 aromatic carbocycles. The van der Waals surface area contributed by atoms with E-state index in [0.717, 1.165) is 52.0 Å². The van der Waals surface area contributed by atoms with Crippen LogP contribution in [-0.4, -0.2) is 70.9 Å². The van der Waals surface area contributed by atoms with Crippen LogP contribution < -0.4 is 22.5 Å². The first-order valence-corrected chi connectivity index (χ1v) is 23.0. The van der Waals surface area contributed by atoms with Gasteiger partial charge in [0.25, 0.3) is 0 Å². The van der Waals surface area contributed by atoms with Crippen LogP contribution in [0.5, 0.6) is 0 Å². The minimum atomic E-state index is 0.180. The van der Waals surface area contributed by atoms with Gasteiger partial charge in [-0.3, -0.25) is 0 Å². The van der Waals surface area contributed by atoms with Crippen molar-refractivity contribution in [1.82, 2.24) is 5.32 Å². The van der Waals surface area contributed by atoms with Gasteiger partial charge < -0.3 is 36.7 Å². The van der Waals surface area contributed by atoms with E-state index in [1.54, 1.807) is 0 Å². The average Bonchev–Trinajstić information content (AvgIpc) is 3.50. The largest absolute Gasteiger partial charge is 0.378 e. The second-order valence-electron chi connectivity index (χ2n) is 18.5. The van der Waals surface area contributed by atoms with E-state index in [0.29, 0.717) is 78.9 Å². The van der Waals surface area contributed by atoms with Crippen molar-refractivity contribution in [1.29, 1.82) is 0 Å². The Morgan fingerprint density at radius 1 is 0.654 bits per heavy atom. The molecule has 0 saturated heterocycles. The SMILES string of the molecule is CCCCCCCCCCCCNCCCC(C)C1CCC2C3C(OCCCN)CC4CC(OCCCN)CCC4(C)C3CC(OCCCN)C12C. The molecule has 4 aliphatic carbocycles. The van der Waals surface area contributed by atoms with Crippen LogP contribution in [0.4, 0.5) is 0 Å². The topological polar surface area (TPSA) is 118 Å². The summed E-state index contributed by atoms with van der Waals surface area (Å²) in [5, 5.41) is 3.80. The van der Waals surface area contributed by atoms with E-state index < -0.39 is 0 Å². The van der Waals surface area contributed by atoms with Gasteiger partial charge in [0, 0.05) is 25.2 Å². The molecular formula is C45H88N4O3. The zero-order chi connectivity index (χ0) is 37.2. The van der Waals surface area contributed by atoms with E-state index in [9.17, 15) is 0 Å². The average molecular weight is 733 g/mol. The number of unbranched alkanes of at least 4 members (excludes halogenated alkanes) is 9. The van der Waals surface area contributed by atoms with Crippen LogP contribution >= 0.6 is 0 Å². The standard InChI is InChI=1S/C45H88N4O3/c1-5-6-7-8-9-10-11-12-13-14-27-49-28-15-19-35(2)38-20-21-39-43-40(34-42(45(38,39)4)52-31-18-26-48)44(3)23-22-37(50-29-16-24-46)32-36(44)33-41(43)51-30-17-25-47/h35-43,49H,5-34,46-48H2,1-4H3. The zero-order valence-electron chi connectivity index (χ0n) is 34.9. The second kappa shape index (κ2) is 23.7. The number of hydrogen-bond donors (Lipinski definition) is 4. The van der Waals surface area contributed by atoms with E-state index in [-0.39, 0.29) is 5.41 Å². The Morgan fingerprint density at radius 3 is 1.94 bits per heavy atom. The fourth-order valence-electron chi connectivity index (χ4n) is 12.2. The van der Waals surface area contributed by atoms with Crippen LogP contribution in [0.1, 0.15) is 169 Å². The minimum absolute atomic E-state index is 0.180. The maximum absolute atomic E-state index is 7.06.